The van der Waals surface area contributed by atoms with E-state index < -0.39 is 0 Å². The lowest BCUT2D eigenvalue weighted by Gasteiger charge is -2.10. The van der Waals surface area contributed by atoms with Crippen LogP contribution in [0.15, 0.2) is 35.3 Å². The minimum Gasteiger partial charge on any atom is -0.326 e. The summed E-state index contributed by atoms with van der Waals surface area (Å²) in [4.78, 5) is 12.0. The van der Waals surface area contributed by atoms with E-state index in [-0.39, 0.29) is 11.6 Å². The first-order valence-electron chi connectivity index (χ1n) is 5.43. The predicted molar refractivity (Wildman–Crippen MR) is 64.3 cm³/mol. The lowest BCUT2D eigenvalue weighted by Crippen LogP contribution is -2.33. The van der Waals surface area contributed by atoms with Gasteiger partial charge >= 0.3 is 0 Å². The monoisotopic (exact) mass is 217 g/mol. The second-order valence-corrected chi connectivity index (χ2v) is 3.89. The van der Waals surface area contributed by atoms with Crippen LogP contribution in [0.25, 0.3) is 10.8 Å². The SMILES string of the molecule is CCC(N)Cn1ncc2ccccc2c1=O. The Bertz CT molecular complexity index is 547. The molecule has 84 valence electrons. The van der Waals surface area contributed by atoms with E-state index in [2.05, 4.69) is 5.10 Å². The van der Waals surface area contributed by atoms with Crippen LogP contribution in [0.4, 0.5) is 0 Å². The smallest absolute Gasteiger partial charge is 0.274 e. The van der Waals surface area contributed by atoms with Gasteiger partial charge in [-0.05, 0) is 12.5 Å². The van der Waals surface area contributed by atoms with Crippen LogP contribution in [-0.2, 0) is 6.54 Å². The number of fused-ring (bicyclic) bond motifs is 1. The Hall–Kier alpha value is -1.68. The summed E-state index contributed by atoms with van der Waals surface area (Å²) < 4.78 is 1.44. The zero-order chi connectivity index (χ0) is 11.5. The Kier molecular flexibility index (Phi) is 3.01. The van der Waals surface area contributed by atoms with E-state index in [4.69, 9.17) is 5.73 Å². The van der Waals surface area contributed by atoms with Crippen molar-refractivity contribution in [3.63, 3.8) is 0 Å². The van der Waals surface area contributed by atoms with Crippen molar-refractivity contribution in [1.82, 2.24) is 9.78 Å². The van der Waals surface area contributed by atoms with Gasteiger partial charge in [0.1, 0.15) is 0 Å². The van der Waals surface area contributed by atoms with Gasteiger partial charge in [0.05, 0.1) is 18.1 Å². The standard InChI is InChI=1S/C12H15N3O/c1-2-10(13)8-15-12(16)11-6-4-3-5-9(11)7-14-15/h3-7,10H,2,8,13H2,1H3. The van der Waals surface area contributed by atoms with Gasteiger partial charge in [-0.3, -0.25) is 4.79 Å². The molecular weight excluding hydrogens is 202 g/mol. The van der Waals surface area contributed by atoms with Gasteiger partial charge in [0.2, 0.25) is 0 Å². The lowest BCUT2D eigenvalue weighted by molar-refractivity contribution is 0.484. The van der Waals surface area contributed by atoms with Crippen LogP contribution in [-0.4, -0.2) is 15.8 Å². The van der Waals surface area contributed by atoms with E-state index in [1.165, 1.54) is 4.68 Å². The molecule has 16 heavy (non-hydrogen) atoms. The molecule has 4 heteroatoms. The molecule has 1 aromatic carbocycles. The third-order valence-electron chi connectivity index (χ3n) is 2.69. The molecule has 0 saturated heterocycles. The van der Waals surface area contributed by atoms with Gasteiger partial charge in [-0.25, -0.2) is 4.68 Å². The van der Waals surface area contributed by atoms with E-state index in [1.54, 1.807) is 6.20 Å². The molecule has 0 radical (unpaired) electrons. The fourth-order valence-electron chi connectivity index (χ4n) is 1.61. The number of nitrogens with two attached hydrogens (primary N) is 1. The van der Waals surface area contributed by atoms with E-state index in [0.29, 0.717) is 11.9 Å². The molecule has 1 atom stereocenters. The van der Waals surface area contributed by atoms with Gasteiger partial charge in [-0.2, -0.15) is 5.10 Å². The molecule has 0 spiro atoms. The molecule has 0 aliphatic carbocycles. The van der Waals surface area contributed by atoms with Crippen molar-refractivity contribution in [1.29, 1.82) is 0 Å². The van der Waals surface area contributed by atoms with Crippen molar-refractivity contribution in [2.75, 3.05) is 0 Å². The highest BCUT2D eigenvalue weighted by atomic mass is 16.1. The van der Waals surface area contributed by atoms with Crippen molar-refractivity contribution in [2.45, 2.75) is 25.9 Å². The van der Waals surface area contributed by atoms with Crippen LogP contribution in [0, 0.1) is 0 Å². The number of aromatic nitrogens is 2. The van der Waals surface area contributed by atoms with E-state index in [9.17, 15) is 4.79 Å². The second-order valence-electron chi connectivity index (χ2n) is 3.89. The maximum absolute atomic E-state index is 12.0. The summed E-state index contributed by atoms with van der Waals surface area (Å²) >= 11 is 0. The third-order valence-corrected chi connectivity index (χ3v) is 2.69. The first kappa shape index (κ1) is 10.8. The molecule has 0 saturated carbocycles. The first-order chi connectivity index (χ1) is 7.72. The summed E-state index contributed by atoms with van der Waals surface area (Å²) in [6.07, 6.45) is 2.54. The topological polar surface area (TPSA) is 60.9 Å². The van der Waals surface area contributed by atoms with Crippen LogP contribution in [0.1, 0.15) is 13.3 Å². The van der Waals surface area contributed by atoms with Crippen LogP contribution < -0.4 is 11.3 Å². The molecule has 0 bridgehead atoms. The Morgan fingerprint density at radius 3 is 2.94 bits per heavy atom. The second kappa shape index (κ2) is 4.45. The molecule has 0 fully saturated rings. The first-order valence-corrected chi connectivity index (χ1v) is 5.43. The van der Waals surface area contributed by atoms with Crippen molar-refractivity contribution < 1.29 is 0 Å². The number of hydrogen-bond acceptors (Lipinski definition) is 3. The average molecular weight is 217 g/mol. The molecule has 1 heterocycles. The van der Waals surface area contributed by atoms with E-state index in [1.807, 2.05) is 31.2 Å². The van der Waals surface area contributed by atoms with E-state index >= 15 is 0 Å². The molecule has 0 amide bonds. The largest absolute Gasteiger partial charge is 0.326 e. The van der Waals surface area contributed by atoms with Gasteiger partial charge in [-0.15, -0.1) is 0 Å². The van der Waals surface area contributed by atoms with Crippen molar-refractivity contribution >= 4 is 10.8 Å². The van der Waals surface area contributed by atoms with E-state index in [0.717, 1.165) is 11.8 Å². The molecule has 1 unspecified atom stereocenters. The van der Waals surface area contributed by atoms with Crippen molar-refractivity contribution in [3.05, 3.63) is 40.8 Å². The Morgan fingerprint density at radius 2 is 2.19 bits per heavy atom. The highest BCUT2D eigenvalue weighted by Crippen LogP contribution is 2.06. The molecule has 1 aromatic heterocycles. The zero-order valence-electron chi connectivity index (χ0n) is 9.26. The highest BCUT2D eigenvalue weighted by Gasteiger charge is 2.06. The Morgan fingerprint density at radius 1 is 1.44 bits per heavy atom. The molecule has 4 nitrogen and oxygen atoms in total. The average Bonchev–Trinajstić information content (AvgIpc) is 2.33. The highest BCUT2D eigenvalue weighted by molar-refractivity contribution is 5.80. The third kappa shape index (κ3) is 1.97. The maximum Gasteiger partial charge on any atom is 0.274 e. The molecule has 2 aromatic rings. The normalized spacial score (nSPS) is 12.9. The van der Waals surface area contributed by atoms with Crippen molar-refractivity contribution in [2.24, 2.45) is 5.73 Å². The number of rotatable bonds is 3. The Balaban J connectivity index is 2.49. The summed E-state index contributed by atoms with van der Waals surface area (Å²) in [5.74, 6) is 0. The zero-order valence-corrected chi connectivity index (χ0v) is 9.26. The minimum absolute atomic E-state index is 0.0219. The summed E-state index contributed by atoms with van der Waals surface area (Å²) in [6, 6.07) is 7.42. The van der Waals surface area contributed by atoms with Crippen LogP contribution in [0.2, 0.25) is 0 Å². The summed E-state index contributed by atoms with van der Waals surface area (Å²) in [5.41, 5.74) is 5.75. The van der Waals surface area contributed by atoms with Gasteiger partial charge in [0, 0.05) is 11.4 Å². The fraction of sp³-hybridized carbons (Fsp3) is 0.333. The minimum atomic E-state index is -0.0676. The van der Waals surface area contributed by atoms with Crippen LogP contribution in [0.3, 0.4) is 0 Å². The van der Waals surface area contributed by atoms with Gasteiger partial charge in [0.15, 0.2) is 0 Å². The quantitative estimate of drug-likeness (QED) is 0.838. The number of benzene rings is 1. The van der Waals surface area contributed by atoms with Gasteiger partial charge in [0.25, 0.3) is 5.56 Å². The molecular formula is C12H15N3O. The van der Waals surface area contributed by atoms with Gasteiger partial charge in [-0.1, -0.05) is 25.1 Å². The Labute approximate surface area is 93.7 Å². The summed E-state index contributed by atoms with van der Waals surface area (Å²) in [7, 11) is 0. The number of nitrogens with zero attached hydrogens (tertiary/aromatic N) is 2. The molecule has 0 aliphatic rings. The van der Waals surface area contributed by atoms with Gasteiger partial charge < -0.3 is 5.73 Å². The molecule has 0 aliphatic heterocycles. The predicted octanol–water partition coefficient (Wildman–Crippen LogP) is 1.13. The van der Waals surface area contributed by atoms with Crippen molar-refractivity contribution in [3.8, 4) is 0 Å². The summed E-state index contributed by atoms with van der Waals surface area (Å²) in [5, 5.41) is 5.68. The summed E-state index contributed by atoms with van der Waals surface area (Å²) in [6.45, 7) is 2.47. The lowest BCUT2D eigenvalue weighted by atomic mass is 10.2. The van der Waals surface area contributed by atoms with Crippen LogP contribution >= 0.6 is 0 Å². The van der Waals surface area contributed by atoms with Crippen LogP contribution in [0.5, 0.6) is 0 Å². The molecule has 2 rings (SSSR count). The maximum atomic E-state index is 12.0. The molecule has 2 N–H and O–H groups in total. The number of hydrogen-bond donors (Lipinski definition) is 1. The fourth-order valence-corrected chi connectivity index (χ4v) is 1.61.